The van der Waals surface area contributed by atoms with E-state index in [2.05, 4.69) is 35.8 Å². The Bertz CT molecular complexity index is 309. The third-order valence-corrected chi connectivity index (χ3v) is 5.72. The van der Waals surface area contributed by atoms with Crippen LogP contribution in [0.1, 0.15) is 39.5 Å². The van der Waals surface area contributed by atoms with E-state index in [1.807, 2.05) is 0 Å². The van der Waals surface area contributed by atoms with Gasteiger partial charge < -0.3 is 5.11 Å². The molecule has 2 bridgehead atoms. The minimum absolute atomic E-state index is 0.0324. The zero-order valence-corrected chi connectivity index (χ0v) is 10.3. The van der Waals surface area contributed by atoms with E-state index < -0.39 is 0 Å². The van der Waals surface area contributed by atoms with Gasteiger partial charge in [0.1, 0.15) is 0 Å². The van der Waals surface area contributed by atoms with Gasteiger partial charge in [-0.3, -0.25) is 0 Å². The molecule has 78 valence electrons. The number of nitrogens with zero attached hydrogens (tertiary/aromatic N) is 1. The quantitative estimate of drug-likeness (QED) is 0.735. The first-order chi connectivity index (χ1) is 6.38. The zero-order chi connectivity index (χ0) is 10.6. The first-order valence-corrected chi connectivity index (χ1v) is 5.91. The number of hydrogen-bond acceptors (Lipinski definition) is 2. The lowest BCUT2D eigenvalue weighted by Gasteiger charge is -2.44. The first-order valence-electron chi connectivity index (χ1n) is 5.12. The van der Waals surface area contributed by atoms with Crippen molar-refractivity contribution < 1.29 is 5.11 Å². The monoisotopic (exact) mass is 257 g/mol. The Hall–Kier alpha value is -0.0700. The topological polar surface area (TPSA) is 44.0 Å². The molecule has 0 aromatic rings. The van der Waals surface area contributed by atoms with Crippen LogP contribution in [0.15, 0.2) is 0 Å². The highest BCUT2D eigenvalue weighted by molar-refractivity contribution is 9.10. The molecule has 0 aromatic carbocycles. The van der Waals surface area contributed by atoms with Gasteiger partial charge in [0.05, 0.1) is 16.5 Å². The predicted octanol–water partition coefficient (Wildman–Crippen LogP) is 2.60. The summed E-state index contributed by atoms with van der Waals surface area (Å²) in [5.74, 6) is 0. The lowest BCUT2D eigenvalue weighted by atomic mass is 9.62. The van der Waals surface area contributed by atoms with E-state index in [9.17, 15) is 5.11 Å². The van der Waals surface area contributed by atoms with Crippen LogP contribution in [-0.2, 0) is 0 Å². The molecule has 1 N–H and O–H groups in total. The molecule has 0 aliphatic heterocycles. The van der Waals surface area contributed by atoms with Gasteiger partial charge in [0.25, 0.3) is 0 Å². The van der Waals surface area contributed by atoms with Crippen molar-refractivity contribution in [2.75, 3.05) is 0 Å². The number of aliphatic hydroxyl groups is 1. The van der Waals surface area contributed by atoms with Crippen LogP contribution in [0, 0.1) is 22.2 Å². The van der Waals surface area contributed by atoms with Crippen molar-refractivity contribution in [3.05, 3.63) is 0 Å². The van der Waals surface area contributed by atoms with Gasteiger partial charge in [0.2, 0.25) is 0 Å². The number of rotatable bonds is 1. The van der Waals surface area contributed by atoms with Gasteiger partial charge in [-0.15, -0.1) is 0 Å². The fraction of sp³-hybridized carbons (Fsp3) is 0.909. The third kappa shape index (κ3) is 0.991. The number of alkyl halides is 1. The Labute approximate surface area is 93.4 Å². The summed E-state index contributed by atoms with van der Waals surface area (Å²) >= 11 is 3.67. The van der Waals surface area contributed by atoms with Gasteiger partial charge in [-0.25, -0.2) is 0 Å². The normalized spacial score (nSPS) is 49.2. The second-order valence-electron chi connectivity index (χ2n) is 5.45. The number of aliphatic hydroxyl groups excluding tert-OH is 1. The lowest BCUT2D eigenvalue weighted by Crippen LogP contribution is -2.46. The molecule has 2 aliphatic carbocycles. The number of halogens is 1. The van der Waals surface area contributed by atoms with E-state index in [-0.39, 0.29) is 21.3 Å². The SMILES string of the molecule is CC1(C)C(O)C2(Br)CCC1(CC#N)C2. The lowest BCUT2D eigenvalue weighted by molar-refractivity contribution is -0.0282. The molecule has 2 saturated carbocycles. The van der Waals surface area contributed by atoms with Gasteiger partial charge in [-0.1, -0.05) is 29.8 Å². The van der Waals surface area contributed by atoms with E-state index in [1.54, 1.807) is 0 Å². The Morgan fingerprint density at radius 2 is 2.14 bits per heavy atom. The molecule has 3 atom stereocenters. The average Bonchev–Trinajstić information content (AvgIpc) is 2.50. The molecule has 0 spiro atoms. The maximum Gasteiger partial charge on any atom is 0.0749 e. The molecule has 2 fully saturated rings. The summed E-state index contributed by atoms with van der Waals surface area (Å²) in [5.41, 5.74) is -0.102. The van der Waals surface area contributed by atoms with Gasteiger partial charge in [-0.05, 0) is 30.1 Å². The standard InChI is InChI=1S/C11H16BrNO/c1-9(2)8(14)11(12)4-3-10(9,7-11)5-6-13/h8,14H,3-5,7H2,1-2H3. The second kappa shape index (κ2) is 2.74. The highest BCUT2D eigenvalue weighted by atomic mass is 79.9. The summed E-state index contributed by atoms with van der Waals surface area (Å²) in [5, 5.41) is 19.1. The van der Waals surface area contributed by atoms with Gasteiger partial charge in [0.15, 0.2) is 0 Å². The van der Waals surface area contributed by atoms with E-state index in [4.69, 9.17) is 5.26 Å². The summed E-state index contributed by atoms with van der Waals surface area (Å²) in [6.45, 7) is 4.19. The molecular formula is C11H16BrNO. The van der Waals surface area contributed by atoms with Crippen LogP contribution in [0.2, 0.25) is 0 Å². The maximum absolute atomic E-state index is 10.2. The smallest absolute Gasteiger partial charge is 0.0749 e. The Balaban J connectivity index is 2.42. The van der Waals surface area contributed by atoms with Crippen molar-refractivity contribution >= 4 is 15.9 Å². The number of nitriles is 1. The summed E-state index contributed by atoms with van der Waals surface area (Å²) in [7, 11) is 0. The van der Waals surface area contributed by atoms with E-state index in [1.165, 1.54) is 0 Å². The van der Waals surface area contributed by atoms with Crippen LogP contribution in [-0.4, -0.2) is 15.5 Å². The summed E-state index contributed by atoms with van der Waals surface area (Å²) in [6, 6.07) is 2.29. The van der Waals surface area contributed by atoms with E-state index >= 15 is 0 Å². The fourth-order valence-corrected chi connectivity index (χ4v) is 4.74. The Kier molecular flexibility index (Phi) is 2.04. The number of fused-ring (bicyclic) bond motifs is 2. The van der Waals surface area contributed by atoms with Gasteiger partial charge in [-0.2, -0.15) is 5.26 Å². The average molecular weight is 258 g/mol. The molecule has 3 unspecified atom stereocenters. The molecule has 14 heavy (non-hydrogen) atoms. The van der Waals surface area contributed by atoms with Crippen molar-refractivity contribution in [3.8, 4) is 6.07 Å². The molecule has 2 aliphatic rings. The maximum atomic E-state index is 10.2. The van der Waals surface area contributed by atoms with E-state index in [0.717, 1.165) is 19.3 Å². The fourth-order valence-electron chi connectivity index (χ4n) is 3.44. The van der Waals surface area contributed by atoms with E-state index in [0.29, 0.717) is 6.42 Å². The second-order valence-corrected chi connectivity index (χ2v) is 7.03. The summed E-state index contributed by atoms with van der Waals surface area (Å²) in [4.78, 5) is 0. The molecule has 0 radical (unpaired) electrons. The largest absolute Gasteiger partial charge is 0.391 e. The van der Waals surface area contributed by atoms with Crippen LogP contribution in [0.4, 0.5) is 0 Å². The molecular weight excluding hydrogens is 242 g/mol. The molecule has 0 saturated heterocycles. The molecule has 3 heteroatoms. The van der Waals surface area contributed by atoms with Crippen LogP contribution < -0.4 is 0 Å². The molecule has 0 aromatic heterocycles. The van der Waals surface area contributed by atoms with Crippen LogP contribution in [0.3, 0.4) is 0 Å². The van der Waals surface area contributed by atoms with Crippen molar-refractivity contribution in [3.63, 3.8) is 0 Å². The molecule has 0 heterocycles. The minimum Gasteiger partial charge on any atom is -0.391 e. The summed E-state index contributed by atoms with van der Waals surface area (Å²) in [6.07, 6.45) is 3.26. The van der Waals surface area contributed by atoms with Gasteiger partial charge >= 0.3 is 0 Å². The predicted molar refractivity (Wildman–Crippen MR) is 58.0 cm³/mol. The van der Waals surface area contributed by atoms with Crippen LogP contribution in [0.25, 0.3) is 0 Å². The van der Waals surface area contributed by atoms with Crippen molar-refractivity contribution in [1.29, 1.82) is 5.26 Å². The third-order valence-electron chi connectivity index (χ3n) is 4.61. The highest BCUT2D eigenvalue weighted by Crippen LogP contribution is 2.69. The minimum atomic E-state index is -0.322. The number of hydrogen-bond donors (Lipinski definition) is 1. The molecule has 2 rings (SSSR count). The van der Waals surface area contributed by atoms with Crippen molar-refractivity contribution in [2.24, 2.45) is 10.8 Å². The zero-order valence-electron chi connectivity index (χ0n) is 8.68. The summed E-state index contributed by atoms with van der Waals surface area (Å²) < 4.78 is -0.118. The van der Waals surface area contributed by atoms with Crippen molar-refractivity contribution in [2.45, 2.75) is 50.0 Å². The van der Waals surface area contributed by atoms with Crippen LogP contribution in [0.5, 0.6) is 0 Å². The van der Waals surface area contributed by atoms with Crippen LogP contribution >= 0.6 is 15.9 Å². The Morgan fingerprint density at radius 1 is 1.50 bits per heavy atom. The Morgan fingerprint density at radius 3 is 2.57 bits per heavy atom. The highest BCUT2D eigenvalue weighted by Gasteiger charge is 2.68. The van der Waals surface area contributed by atoms with Crippen molar-refractivity contribution in [1.82, 2.24) is 0 Å². The first kappa shape index (κ1) is 10.4. The molecule has 2 nitrogen and oxygen atoms in total. The molecule has 0 amide bonds. The van der Waals surface area contributed by atoms with Gasteiger partial charge in [0, 0.05) is 6.42 Å².